The zero-order valence-electron chi connectivity index (χ0n) is 8.25. The lowest BCUT2D eigenvalue weighted by Crippen LogP contribution is -2.65. The van der Waals surface area contributed by atoms with Crippen molar-refractivity contribution in [3.8, 4) is 0 Å². The highest BCUT2D eigenvalue weighted by atomic mass is 31.2. The van der Waals surface area contributed by atoms with Crippen molar-refractivity contribution in [2.45, 2.75) is 30.5 Å². The van der Waals surface area contributed by atoms with Gasteiger partial charge in [-0.2, -0.15) is 0 Å². The summed E-state index contributed by atoms with van der Waals surface area (Å²) in [5, 5.41) is 36.3. The molecular formula is C6H12FO9P. The van der Waals surface area contributed by atoms with E-state index in [1.54, 1.807) is 0 Å². The number of rotatable bonds is 3. The van der Waals surface area contributed by atoms with E-state index >= 15 is 0 Å². The van der Waals surface area contributed by atoms with Crippen LogP contribution in [0.15, 0.2) is 0 Å². The first-order chi connectivity index (χ1) is 7.63. The molecule has 0 aromatic rings. The first-order valence-electron chi connectivity index (χ1n) is 4.36. The molecule has 1 saturated heterocycles. The van der Waals surface area contributed by atoms with Gasteiger partial charge in [0.15, 0.2) is 12.5 Å². The minimum atomic E-state index is -5.23. The predicted molar refractivity (Wildman–Crippen MR) is 46.9 cm³/mol. The molecule has 1 aliphatic heterocycles. The van der Waals surface area contributed by atoms with Crippen LogP contribution in [0.1, 0.15) is 0 Å². The fourth-order valence-electron chi connectivity index (χ4n) is 1.37. The maximum absolute atomic E-state index is 13.3. The second-order valence-corrected chi connectivity index (χ2v) is 4.60. The Balaban J connectivity index is 3.02. The van der Waals surface area contributed by atoms with Gasteiger partial charge in [0.1, 0.15) is 18.8 Å². The molecule has 9 nitrogen and oxygen atoms in total. The van der Waals surface area contributed by atoms with Crippen LogP contribution in [0.25, 0.3) is 0 Å². The van der Waals surface area contributed by atoms with E-state index in [2.05, 4.69) is 9.26 Å². The molecule has 1 unspecified atom stereocenters. The third-order valence-electron chi connectivity index (χ3n) is 2.18. The van der Waals surface area contributed by atoms with Crippen molar-refractivity contribution in [2.75, 3.05) is 6.61 Å². The van der Waals surface area contributed by atoms with Crippen molar-refractivity contribution < 1.29 is 48.4 Å². The molecule has 0 aliphatic carbocycles. The Morgan fingerprint density at radius 3 is 2.29 bits per heavy atom. The smallest absolute Gasteiger partial charge is 0.391 e. The lowest BCUT2D eigenvalue weighted by Gasteiger charge is -2.44. The molecule has 17 heavy (non-hydrogen) atoms. The van der Waals surface area contributed by atoms with Crippen LogP contribution < -0.4 is 0 Å². The Kier molecular flexibility index (Phi) is 4.24. The van der Waals surface area contributed by atoms with E-state index in [9.17, 15) is 14.1 Å². The normalized spacial score (nSPS) is 43.7. The third-order valence-corrected chi connectivity index (χ3v) is 2.73. The van der Waals surface area contributed by atoms with Crippen molar-refractivity contribution in [3.63, 3.8) is 0 Å². The molecule has 1 rings (SSSR count). The second-order valence-electron chi connectivity index (χ2n) is 3.44. The zero-order valence-corrected chi connectivity index (χ0v) is 9.14. The largest absolute Gasteiger partial charge is 0.472 e. The first kappa shape index (κ1) is 14.9. The molecule has 0 bridgehead atoms. The maximum atomic E-state index is 13.3. The molecule has 0 aromatic heterocycles. The number of halogens is 1. The lowest BCUT2D eigenvalue weighted by molar-refractivity contribution is -0.375. The van der Waals surface area contributed by atoms with Gasteiger partial charge in [0.05, 0.1) is 0 Å². The molecule has 0 saturated carbocycles. The molecule has 0 aromatic carbocycles. The monoisotopic (exact) mass is 278 g/mol. The number of aliphatic hydroxyl groups excluding tert-OH is 4. The highest BCUT2D eigenvalue weighted by Crippen LogP contribution is 2.46. The molecule has 1 aliphatic rings. The van der Waals surface area contributed by atoms with Gasteiger partial charge in [-0.15, -0.1) is 0 Å². The van der Waals surface area contributed by atoms with Gasteiger partial charge in [-0.25, -0.2) is 13.5 Å². The number of alkyl halides is 1. The van der Waals surface area contributed by atoms with E-state index in [1.807, 2.05) is 0 Å². The highest BCUT2D eigenvalue weighted by molar-refractivity contribution is 7.46. The quantitative estimate of drug-likeness (QED) is 0.300. The summed E-state index contributed by atoms with van der Waals surface area (Å²) >= 11 is 0. The Morgan fingerprint density at radius 2 is 1.88 bits per heavy atom. The summed E-state index contributed by atoms with van der Waals surface area (Å²) in [5.41, 5.74) is 0. The third kappa shape index (κ3) is 2.99. The van der Waals surface area contributed by atoms with Crippen LogP contribution in [0.5, 0.6) is 0 Å². The number of phosphoric acid groups is 1. The van der Waals surface area contributed by atoms with Gasteiger partial charge in [0.25, 0.3) is 0 Å². The van der Waals surface area contributed by atoms with Crippen molar-refractivity contribution >= 4 is 7.82 Å². The maximum Gasteiger partial charge on any atom is 0.472 e. The summed E-state index contributed by atoms with van der Waals surface area (Å²) in [7, 11) is -5.23. The van der Waals surface area contributed by atoms with Crippen LogP contribution in [0.3, 0.4) is 0 Å². The van der Waals surface area contributed by atoms with Crippen LogP contribution in [0.4, 0.5) is 4.39 Å². The van der Waals surface area contributed by atoms with Crippen LogP contribution in [-0.4, -0.2) is 67.3 Å². The van der Waals surface area contributed by atoms with Crippen molar-refractivity contribution in [1.82, 2.24) is 0 Å². The fourth-order valence-corrected chi connectivity index (χ4v) is 1.98. The molecule has 0 radical (unpaired) electrons. The number of aliphatic hydroxyl groups is 4. The molecule has 5 atom stereocenters. The summed E-state index contributed by atoms with van der Waals surface area (Å²) in [6.07, 6.45) is -9.26. The van der Waals surface area contributed by atoms with Crippen molar-refractivity contribution in [3.05, 3.63) is 0 Å². The van der Waals surface area contributed by atoms with Crippen LogP contribution in [0.2, 0.25) is 0 Å². The van der Waals surface area contributed by atoms with Crippen molar-refractivity contribution in [2.24, 2.45) is 0 Å². The number of hydrogen-bond donors (Lipinski definition) is 6. The number of hydrogen-bond acceptors (Lipinski definition) is 7. The molecule has 0 amide bonds. The summed E-state index contributed by atoms with van der Waals surface area (Å²) in [5.74, 6) is -2.85. The van der Waals surface area contributed by atoms with Gasteiger partial charge in [0.2, 0.25) is 5.79 Å². The molecular weight excluding hydrogens is 266 g/mol. The Bertz CT molecular complexity index is 321. The summed E-state index contributed by atoms with van der Waals surface area (Å²) in [6, 6.07) is 0. The topological polar surface area (TPSA) is 157 Å². The molecule has 6 N–H and O–H groups in total. The second kappa shape index (κ2) is 4.84. The van der Waals surface area contributed by atoms with E-state index < -0.39 is 44.9 Å². The minimum Gasteiger partial charge on any atom is -0.391 e. The van der Waals surface area contributed by atoms with E-state index in [4.69, 9.17) is 25.1 Å². The Morgan fingerprint density at radius 1 is 1.35 bits per heavy atom. The van der Waals surface area contributed by atoms with Crippen LogP contribution >= 0.6 is 7.82 Å². The fraction of sp³-hybridized carbons (Fsp3) is 1.00. The predicted octanol–water partition coefficient (Wildman–Crippen LogP) is -2.81. The summed E-state index contributed by atoms with van der Waals surface area (Å²) in [6.45, 7) is -1.34. The van der Waals surface area contributed by atoms with E-state index in [0.29, 0.717) is 0 Å². The summed E-state index contributed by atoms with van der Waals surface area (Å²) < 4.78 is 32.2. The Labute approximate surface area is 94.3 Å². The van der Waals surface area contributed by atoms with Gasteiger partial charge >= 0.3 is 7.82 Å². The van der Waals surface area contributed by atoms with Gasteiger partial charge in [-0.1, -0.05) is 0 Å². The first-order valence-corrected chi connectivity index (χ1v) is 5.89. The highest BCUT2D eigenvalue weighted by Gasteiger charge is 2.57. The number of ether oxygens (including phenoxy) is 1. The van der Waals surface area contributed by atoms with E-state index in [-0.39, 0.29) is 0 Å². The zero-order chi connectivity index (χ0) is 13.4. The van der Waals surface area contributed by atoms with Gasteiger partial charge < -0.3 is 34.9 Å². The molecule has 0 spiro atoms. The van der Waals surface area contributed by atoms with E-state index in [1.165, 1.54) is 0 Å². The average molecular weight is 278 g/mol. The average Bonchev–Trinajstić information content (AvgIpc) is 2.21. The minimum absolute atomic E-state index is 1.34. The van der Waals surface area contributed by atoms with Gasteiger partial charge in [0, 0.05) is 0 Å². The van der Waals surface area contributed by atoms with E-state index in [0.717, 1.165) is 0 Å². The molecule has 102 valence electrons. The number of phosphoric ester groups is 1. The van der Waals surface area contributed by atoms with Crippen LogP contribution in [-0.2, 0) is 13.8 Å². The lowest BCUT2D eigenvalue weighted by atomic mass is 9.98. The SMILES string of the molecule is O=P(O)(O)O[C@@]1(CO)OC(O)[C@@H](O)[C@H](F)[C@H]1O. The van der Waals surface area contributed by atoms with Crippen molar-refractivity contribution in [1.29, 1.82) is 0 Å². The van der Waals surface area contributed by atoms with Gasteiger partial charge in [-0.05, 0) is 0 Å². The molecule has 1 heterocycles. The van der Waals surface area contributed by atoms with Crippen LogP contribution in [0, 0.1) is 0 Å². The Hall–Kier alpha value is -0.160. The summed E-state index contributed by atoms with van der Waals surface area (Å²) in [4.78, 5) is 17.1. The standard InChI is InChI=1S/C6H12FO9P/c7-2-3(9)5(11)15-6(1-8,4(2)10)16-17(12,13)14/h2-5,8-11H,1H2,(H2,12,13,14)/t2-,3-,4+,5?,6+/m0/s1. The molecule has 1 fully saturated rings. The molecule has 11 heteroatoms. The van der Waals surface area contributed by atoms with Gasteiger partial charge in [-0.3, -0.25) is 0 Å².